The highest BCUT2D eigenvalue weighted by molar-refractivity contribution is 5.82. The summed E-state index contributed by atoms with van der Waals surface area (Å²) in [5.74, 6) is 2.04. The predicted octanol–water partition coefficient (Wildman–Crippen LogP) is 3.68. The van der Waals surface area contributed by atoms with E-state index in [9.17, 15) is 0 Å². The van der Waals surface area contributed by atoms with Gasteiger partial charge in [0.2, 0.25) is 0 Å². The SMILES string of the molecule is CCCON=C(N)C1CCCCC(C)CCC1. The molecule has 1 saturated carbocycles. The van der Waals surface area contributed by atoms with Crippen molar-refractivity contribution in [2.24, 2.45) is 22.7 Å². The molecule has 1 aliphatic carbocycles. The Morgan fingerprint density at radius 1 is 1.18 bits per heavy atom. The summed E-state index contributed by atoms with van der Waals surface area (Å²) in [4.78, 5) is 5.19. The Balaban J connectivity index is 2.41. The zero-order chi connectivity index (χ0) is 12.5. The van der Waals surface area contributed by atoms with Gasteiger partial charge in [0.25, 0.3) is 0 Å². The van der Waals surface area contributed by atoms with Gasteiger partial charge in [0.1, 0.15) is 12.4 Å². The van der Waals surface area contributed by atoms with E-state index in [1.54, 1.807) is 0 Å². The van der Waals surface area contributed by atoms with Crippen LogP contribution >= 0.6 is 0 Å². The number of hydrogen-bond acceptors (Lipinski definition) is 2. The van der Waals surface area contributed by atoms with Gasteiger partial charge in [-0.05, 0) is 25.2 Å². The van der Waals surface area contributed by atoms with Crippen molar-refractivity contribution in [1.29, 1.82) is 0 Å². The van der Waals surface area contributed by atoms with Gasteiger partial charge in [-0.15, -0.1) is 0 Å². The van der Waals surface area contributed by atoms with E-state index in [1.807, 2.05) is 0 Å². The van der Waals surface area contributed by atoms with Crippen molar-refractivity contribution in [3.05, 3.63) is 0 Å². The molecule has 0 amide bonds. The molecule has 1 aliphatic rings. The van der Waals surface area contributed by atoms with Crippen LogP contribution in [0.25, 0.3) is 0 Å². The molecule has 0 aromatic rings. The summed E-state index contributed by atoms with van der Waals surface area (Å²) >= 11 is 0. The molecule has 2 unspecified atom stereocenters. The van der Waals surface area contributed by atoms with Crippen molar-refractivity contribution >= 4 is 5.84 Å². The molecule has 17 heavy (non-hydrogen) atoms. The monoisotopic (exact) mass is 240 g/mol. The van der Waals surface area contributed by atoms with Crippen LogP contribution in [-0.2, 0) is 4.84 Å². The molecule has 0 aromatic heterocycles. The minimum atomic E-state index is 0.442. The Labute approximate surface area is 106 Å². The van der Waals surface area contributed by atoms with Crippen molar-refractivity contribution in [1.82, 2.24) is 0 Å². The summed E-state index contributed by atoms with van der Waals surface area (Å²) in [6.45, 7) is 5.11. The van der Waals surface area contributed by atoms with Gasteiger partial charge in [-0.1, -0.05) is 51.1 Å². The molecule has 3 heteroatoms. The molecule has 0 saturated heterocycles. The molecule has 1 fully saturated rings. The standard InChI is InChI=1S/C14H28N2O/c1-3-11-17-16-14(15)13-9-5-4-7-12(2)8-6-10-13/h12-13H,3-11H2,1-2H3,(H2,15,16). The highest BCUT2D eigenvalue weighted by atomic mass is 16.6. The van der Waals surface area contributed by atoms with Crippen LogP contribution in [0.3, 0.4) is 0 Å². The second kappa shape index (κ2) is 8.37. The molecular formula is C14H28N2O. The van der Waals surface area contributed by atoms with Crippen LogP contribution in [0.1, 0.15) is 65.2 Å². The fourth-order valence-electron chi connectivity index (χ4n) is 2.47. The number of hydrogen-bond donors (Lipinski definition) is 1. The van der Waals surface area contributed by atoms with Gasteiger partial charge in [0.05, 0.1) is 0 Å². The zero-order valence-electron chi connectivity index (χ0n) is 11.5. The molecule has 1 rings (SSSR count). The van der Waals surface area contributed by atoms with Gasteiger partial charge in [-0.25, -0.2) is 0 Å². The molecule has 2 N–H and O–H groups in total. The fourth-order valence-corrected chi connectivity index (χ4v) is 2.47. The summed E-state index contributed by atoms with van der Waals surface area (Å²) in [5.41, 5.74) is 6.02. The molecule has 0 bridgehead atoms. The van der Waals surface area contributed by atoms with E-state index in [0.717, 1.165) is 12.3 Å². The van der Waals surface area contributed by atoms with Crippen molar-refractivity contribution in [2.45, 2.75) is 65.2 Å². The number of oxime groups is 1. The maximum atomic E-state index is 6.02. The largest absolute Gasteiger partial charge is 0.394 e. The van der Waals surface area contributed by atoms with Crippen molar-refractivity contribution in [3.8, 4) is 0 Å². The van der Waals surface area contributed by atoms with Crippen molar-refractivity contribution in [3.63, 3.8) is 0 Å². The molecular weight excluding hydrogens is 212 g/mol. The Morgan fingerprint density at radius 3 is 2.59 bits per heavy atom. The first-order chi connectivity index (χ1) is 8.24. The molecule has 2 atom stereocenters. The minimum Gasteiger partial charge on any atom is -0.394 e. The highest BCUT2D eigenvalue weighted by Crippen LogP contribution is 2.25. The molecule has 0 aliphatic heterocycles. The van der Waals surface area contributed by atoms with Crippen molar-refractivity contribution in [2.75, 3.05) is 6.61 Å². The van der Waals surface area contributed by atoms with Crippen LogP contribution in [0, 0.1) is 11.8 Å². The van der Waals surface area contributed by atoms with E-state index in [4.69, 9.17) is 10.6 Å². The lowest BCUT2D eigenvalue weighted by atomic mass is 9.95. The lowest BCUT2D eigenvalue weighted by Crippen LogP contribution is -2.24. The Morgan fingerprint density at radius 2 is 1.82 bits per heavy atom. The van der Waals surface area contributed by atoms with Gasteiger partial charge in [-0.2, -0.15) is 0 Å². The summed E-state index contributed by atoms with van der Waals surface area (Å²) in [5, 5.41) is 4.05. The van der Waals surface area contributed by atoms with E-state index in [-0.39, 0.29) is 0 Å². The van der Waals surface area contributed by atoms with Crippen LogP contribution in [0.15, 0.2) is 5.16 Å². The Hall–Kier alpha value is -0.730. The quantitative estimate of drug-likeness (QED) is 0.352. The minimum absolute atomic E-state index is 0.442. The second-order valence-electron chi connectivity index (χ2n) is 5.37. The van der Waals surface area contributed by atoms with Crippen LogP contribution < -0.4 is 5.73 Å². The first kappa shape index (κ1) is 14.3. The maximum absolute atomic E-state index is 6.02. The van der Waals surface area contributed by atoms with Crippen LogP contribution in [0.5, 0.6) is 0 Å². The Bertz CT molecular complexity index is 228. The average molecular weight is 240 g/mol. The van der Waals surface area contributed by atoms with Crippen LogP contribution in [0.2, 0.25) is 0 Å². The van der Waals surface area contributed by atoms with E-state index in [1.165, 1.54) is 44.9 Å². The predicted molar refractivity (Wildman–Crippen MR) is 72.8 cm³/mol. The van der Waals surface area contributed by atoms with Gasteiger partial charge >= 0.3 is 0 Å². The van der Waals surface area contributed by atoms with Gasteiger partial charge in [-0.3, -0.25) is 0 Å². The van der Waals surface area contributed by atoms with Gasteiger partial charge in [0, 0.05) is 5.92 Å². The molecule has 0 spiro atoms. The lowest BCUT2D eigenvalue weighted by molar-refractivity contribution is 0.142. The van der Waals surface area contributed by atoms with Crippen LogP contribution in [0.4, 0.5) is 0 Å². The highest BCUT2D eigenvalue weighted by Gasteiger charge is 2.16. The van der Waals surface area contributed by atoms with E-state index in [0.29, 0.717) is 18.4 Å². The fraction of sp³-hybridized carbons (Fsp3) is 0.929. The lowest BCUT2D eigenvalue weighted by Gasteiger charge is -2.14. The Kier molecular flexibility index (Phi) is 7.06. The summed E-state index contributed by atoms with van der Waals surface area (Å²) in [7, 11) is 0. The van der Waals surface area contributed by atoms with E-state index >= 15 is 0 Å². The van der Waals surface area contributed by atoms with Gasteiger partial charge in [0.15, 0.2) is 0 Å². The molecule has 0 aromatic carbocycles. The number of amidine groups is 1. The molecule has 0 heterocycles. The molecule has 3 nitrogen and oxygen atoms in total. The summed E-state index contributed by atoms with van der Waals surface area (Å²) in [6.07, 6.45) is 9.93. The van der Waals surface area contributed by atoms with E-state index in [2.05, 4.69) is 19.0 Å². The third-order valence-corrected chi connectivity index (χ3v) is 3.63. The zero-order valence-corrected chi connectivity index (χ0v) is 11.5. The third kappa shape index (κ3) is 5.94. The summed E-state index contributed by atoms with van der Waals surface area (Å²) in [6, 6.07) is 0. The second-order valence-corrected chi connectivity index (χ2v) is 5.37. The summed E-state index contributed by atoms with van der Waals surface area (Å²) < 4.78 is 0. The average Bonchev–Trinajstić information content (AvgIpc) is 2.41. The van der Waals surface area contributed by atoms with Gasteiger partial charge < -0.3 is 10.6 Å². The number of nitrogens with two attached hydrogens (primary N) is 1. The van der Waals surface area contributed by atoms with Crippen molar-refractivity contribution < 1.29 is 4.84 Å². The number of nitrogens with zero attached hydrogens (tertiary/aromatic N) is 1. The molecule has 0 radical (unpaired) electrons. The van der Waals surface area contributed by atoms with E-state index < -0.39 is 0 Å². The molecule has 100 valence electrons. The maximum Gasteiger partial charge on any atom is 0.142 e. The normalized spacial score (nSPS) is 28.0. The third-order valence-electron chi connectivity index (χ3n) is 3.63. The number of rotatable bonds is 4. The van der Waals surface area contributed by atoms with Crippen LogP contribution in [-0.4, -0.2) is 12.4 Å². The first-order valence-electron chi connectivity index (χ1n) is 7.19. The first-order valence-corrected chi connectivity index (χ1v) is 7.19. The smallest absolute Gasteiger partial charge is 0.142 e. The topological polar surface area (TPSA) is 47.6 Å².